The van der Waals surface area contributed by atoms with Crippen molar-refractivity contribution in [1.82, 2.24) is 9.62 Å². The molecule has 0 saturated heterocycles. The number of hydrogen-bond acceptors (Lipinski definition) is 4. The number of nitrogens with one attached hydrogen (secondary N) is 1. The van der Waals surface area contributed by atoms with Gasteiger partial charge in [0.05, 0.1) is 5.75 Å². The number of hydrogen-bond donors (Lipinski definition) is 1. The molecule has 0 amide bonds. The number of rotatable bonds is 11. The summed E-state index contributed by atoms with van der Waals surface area (Å²) in [6.45, 7) is 6.00. The molecule has 4 nitrogen and oxygen atoms in total. The van der Waals surface area contributed by atoms with Crippen LogP contribution in [0.3, 0.4) is 0 Å². The van der Waals surface area contributed by atoms with E-state index >= 15 is 0 Å². The summed E-state index contributed by atoms with van der Waals surface area (Å²) in [7, 11) is -1.40. The minimum Gasteiger partial charge on any atom is -0.317 e. The Morgan fingerprint density at radius 1 is 1.28 bits per heavy atom. The molecule has 1 atom stereocenters. The fourth-order valence-corrected chi connectivity index (χ4v) is 3.88. The smallest absolute Gasteiger partial charge is 0.214 e. The van der Waals surface area contributed by atoms with Crippen LogP contribution in [0, 0.1) is 0 Å². The Labute approximate surface area is 117 Å². The monoisotopic (exact) mass is 296 g/mol. The molecule has 0 heterocycles. The Morgan fingerprint density at radius 2 is 1.94 bits per heavy atom. The molecule has 0 fully saturated rings. The third kappa shape index (κ3) is 7.61. The second-order valence-electron chi connectivity index (χ2n) is 4.59. The highest BCUT2D eigenvalue weighted by atomic mass is 32.2. The second-order valence-corrected chi connectivity index (χ2v) is 7.65. The fourth-order valence-electron chi connectivity index (χ4n) is 1.60. The van der Waals surface area contributed by atoms with Gasteiger partial charge >= 0.3 is 0 Å². The van der Waals surface area contributed by atoms with Gasteiger partial charge in [-0.05, 0) is 45.5 Å². The summed E-state index contributed by atoms with van der Waals surface area (Å²) in [5.41, 5.74) is 0. The fraction of sp³-hybridized carbons (Fsp3) is 1.00. The molecule has 0 aromatic heterocycles. The molecule has 6 heteroatoms. The van der Waals surface area contributed by atoms with Gasteiger partial charge in [0.1, 0.15) is 0 Å². The Kier molecular flexibility index (Phi) is 10.2. The Morgan fingerprint density at radius 3 is 2.50 bits per heavy atom. The van der Waals surface area contributed by atoms with E-state index in [-0.39, 0.29) is 11.8 Å². The van der Waals surface area contributed by atoms with Crippen LogP contribution in [0.15, 0.2) is 0 Å². The summed E-state index contributed by atoms with van der Waals surface area (Å²) in [5.74, 6) is 1.10. The molecule has 0 aliphatic carbocycles. The van der Waals surface area contributed by atoms with Gasteiger partial charge in [0.15, 0.2) is 0 Å². The average molecular weight is 297 g/mol. The van der Waals surface area contributed by atoms with Crippen molar-refractivity contribution >= 4 is 21.8 Å². The lowest BCUT2D eigenvalue weighted by molar-refractivity contribution is 0.413. The third-order valence-corrected chi connectivity index (χ3v) is 5.76. The lowest BCUT2D eigenvalue weighted by atomic mass is 10.3. The largest absolute Gasteiger partial charge is 0.317 e. The molecule has 0 aromatic rings. The highest BCUT2D eigenvalue weighted by Gasteiger charge is 2.22. The van der Waals surface area contributed by atoms with E-state index in [9.17, 15) is 8.42 Å². The number of thioether (sulfide) groups is 1. The van der Waals surface area contributed by atoms with E-state index in [1.165, 1.54) is 4.31 Å². The van der Waals surface area contributed by atoms with Crippen LogP contribution in [-0.4, -0.2) is 56.7 Å². The van der Waals surface area contributed by atoms with Crippen molar-refractivity contribution in [3.63, 3.8) is 0 Å². The van der Waals surface area contributed by atoms with Gasteiger partial charge in [-0.25, -0.2) is 12.7 Å². The normalized spacial score (nSPS) is 14.1. The van der Waals surface area contributed by atoms with Gasteiger partial charge in [-0.15, -0.1) is 0 Å². The number of nitrogens with zero attached hydrogens (tertiary/aromatic N) is 1. The quantitative estimate of drug-likeness (QED) is 0.591. The van der Waals surface area contributed by atoms with E-state index in [1.807, 2.05) is 13.2 Å². The summed E-state index contributed by atoms with van der Waals surface area (Å²) in [6, 6.07) is 0.0724. The van der Waals surface area contributed by atoms with Gasteiger partial charge < -0.3 is 5.32 Å². The molecular formula is C12H28N2O2S2. The molecule has 110 valence electrons. The number of unbranched alkanes of at least 4 members (excludes halogenated alkanes) is 1. The first-order valence-corrected chi connectivity index (χ1v) is 9.61. The molecular weight excluding hydrogens is 268 g/mol. The maximum absolute atomic E-state index is 12.0. The van der Waals surface area contributed by atoms with Crippen LogP contribution in [0.5, 0.6) is 0 Å². The zero-order valence-corrected chi connectivity index (χ0v) is 13.7. The minimum absolute atomic E-state index is 0.0724. The van der Waals surface area contributed by atoms with E-state index in [0.717, 1.165) is 38.1 Å². The minimum atomic E-state index is -3.08. The van der Waals surface area contributed by atoms with Crippen molar-refractivity contribution < 1.29 is 8.42 Å². The van der Waals surface area contributed by atoms with Gasteiger partial charge in [0, 0.05) is 18.8 Å². The van der Waals surface area contributed by atoms with E-state index in [4.69, 9.17) is 0 Å². The van der Waals surface area contributed by atoms with Crippen molar-refractivity contribution in [3.8, 4) is 0 Å². The predicted molar refractivity (Wildman–Crippen MR) is 81.8 cm³/mol. The van der Waals surface area contributed by atoms with Crippen molar-refractivity contribution in [3.05, 3.63) is 0 Å². The summed E-state index contributed by atoms with van der Waals surface area (Å²) in [4.78, 5) is 0. The maximum atomic E-state index is 12.0. The standard InChI is InChI=1S/C12H28N2O2S2/c1-5-8-13-9-6-7-10-18(15,16)14(3)12(2)11-17-4/h12-13H,5-11H2,1-4H3. The summed E-state index contributed by atoms with van der Waals surface area (Å²) >= 11 is 1.68. The molecule has 0 bridgehead atoms. The van der Waals surface area contributed by atoms with E-state index in [0.29, 0.717) is 0 Å². The van der Waals surface area contributed by atoms with E-state index in [1.54, 1.807) is 18.8 Å². The van der Waals surface area contributed by atoms with Crippen molar-refractivity contribution in [2.24, 2.45) is 0 Å². The van der Waals surface area contributed by atoms with Crippen LogP contribution in [0.1, 0.15) is 33.1 Å². The molecule has 0 saturated carbocycles. The van der Waals surface area contributed by atoms with Crippen LogP contribution < -0.4 is 5.32 Å². The molecule has 0 radical (unpaired) electrons. The molecule has 0 aliphatic rings. The van der Waals surface area contributed by atoms with Gasteiger partial charge in [-0.3, -0.25) is 0 Å². The lowest BCUT2D eigenvalue weighted by Crippen LogP contribution is -2.38. The van der Waals surface area contributed by atoms with Crippen LogP contribution in [0.4, 0.5) is 0 Å². The van der Waals surface area contributed by atoms with Gasteiger partial charge in [-0.1, -0.05) is 6.92 Å². The third-order valence-electron chi connectivity index (χ3n) is 2.90. The topological polar surface area (TPSA) is 49.4 Å². The van der Waals surface area contributed by atoms with Gasteiger partial charge in [0.2, 0.25) is 10.0 Å². The van der Waals surface area contributed by atoms with Crippen LogP contribution >= 0.6 is 11.8 Å². The van der Waals surface area contributed by atoms with E-state index in [2.05, 4.69) is 12.2 Å². The zero-order valence-electron chi connectivity index (χ0n) is 12.1. The summed E-state index contributed by atoms with van der Waals surface area (Å²) in [6.07, 6.45) is 4.77. The highest BCUT2D eigenvalue weighted by Crippen LogP contribution is 2.10. The van der Waals surface area contributed by atoms with Gasteiger partial charge in [-0.2, -0.15) is 11.8 Å². The first-order chi connectivity index (χ1) is 8.45. The average Bonchev–Trinajstić information content (AvgIpc) is 2.33. The first kappa shape index (κ1) is 18.2. The molecule has 0 spiro atoms. The Bertz CT molecular complexity index is 294. The second kappa shape index (κ2) is 10.1. The first-order valence-electron chi connectivity index (χ1n) is 6.61. The number of sulfonamides is 1. The summed E-state index contributed by atoms with van der Waals surface area (Å²) in [5, 5.41) is 3.28. The highest BCUT2D eigenvalue weighted by molar-refractivity contribution is 7.98. The molecule has 0 aliphatic heterocycles. The Hall–Kier alpha value is 0.220. The zero-order chi connectivity index (χ0) is 14.0. The van der Waals surface area contributed by atoms with Gasteiger partial charge in [0.25, 0.3) is 0 Å². The molecule has 18 heavy (non-hydrogen) atoms. The van der Waals surface area contributed by atoms with Crippen LogP contribution in [0.2, 0.25) is 0 Å². The maximum Gasteiger partial charge on any atom is 0.214 e. The van der Waals surface area contributed by atoms with Crippen LogP contribution in [0.25, 0.3) is 0 Å². The van der Waals surface area contributed by atoms with Crippen molar-refractivity contribution in [2.75, 3.05) is 37.9 Å². The molecule has 0 rings (SSSR count). The van der Waals surface area contributed by atoms with Crippen LogP contribution in [-0.2, 0) is 10.0 Å². The molecule has 1 N–H and O–H groups in total. The Balaban J connectivity index is 3.92. The summed E-state index contributed by atoms with van der Waals surface area (Å²) < 4.78 is 25.6. The van der Waals surface area contributed by atoms with E-state index < -0.39 is 10.0 Å². The SMILES string of the molecule is CCCNCCCCS(=O)(=O)N(C)C(C)CSC. The molecule has 0 aromatic carbocycles. The predicted octanol–water partition coefficient (Wildman–Crippen LogP) is 1.78. The lowest BCUT2D eigenvalue weighted by Gasteiger charge is -2.23. The van der Waals surface area contributed by atoms with Crippen molar-refractivity contribution in [2.45, 2.75) is 39.2 Å². The molecule has 1 unspecified atom stereocenters. The van der Waals surface area contributed by atoms with Crippen molar-refractivity contribution in [1.29, 1.82) is 0 Å².